The summed E-state index contributed by atoms with van der Waals surface area (Å²) >= 11 is 6.32. The van der Waals surface area contributed by atoms with Crippen molar-refractivity contribution in [3.05, 3.63) is 105 Å². The number of ether oxygens (including phenoxy) is 1. The smallest absolute Gasteiger partial charge is 0.278 e. The van der Waals surface area contributed by atoms with Gasteiger partial charge in [0, 0.05) is 22.8 Å². The maximum atomic E-state index is 13.5. The molecule has 8 heteroatoms. The first-order valence-electron chi connectivity index (χ1n) is 11.2. The van der Waals surface area contributed by atoms with Crippen LogP contribution in [0.1, 0.15) is 41.0 Å². The number of carbonyl (C=O) groups excluding carboxylic acids is 1. The van der Waals surface area contributed by atoms with E-state index in [-0.39, 0.29) is 18.4 Å². The number of benzene rings is 2. The monoisotopic (exact) mass is 477 g/mol. The molecule has 1 N–H and O–H groups in total. The molecule has 1 amide bonds. The molecule has 0 saturated heterocycles. The third kappa shape index (κ3) is 3.72. The normalized spacial score (nSPS) is 20.6. The van der Waals surface area contributed by atoms with Crippen LogP contribution >= 0.6 is 11.6 Å². The van der Waals surface area contributed by atoms with Crippen LogP contribution in [-0.2, 0) is 0 Å². The molecule has 1 aromatic heterocycles. The van der Waals surface area contributed by atoms with Gasteiger partial charge in [0.15, 0.2) is 11.4 Å². The third-order valence-corrected chi connectivity index (χ3v) is 6.52. The number of aromatic nitrogens is 1. The molecule has 0 aliphatic carbocycles. The predicted octanol–water partition coefficient (Wildman–Crippen LogP) is 4.08. The second-order valence-corrected chi connectivity index (χ2v) is 8.72. The SMILES string of the molecule is CC[C@H]1/C=C\COc2cc(Cl)ccc2[C@H](c2ccccc2)N2CN1C(=O)c1c(O)c(=O)ccn12. The molecule has 2 aliphatic rings. The van der Waals surface area contributed by atoms with Crippen molar-refractivity contribution in [3.8, 4) is 11.5 Å². The first-order chi connectivity index (χ1) is 16.5. The minimum absolute atomic E-state index is 0.0535. The van der Waals surface area contributed by atoms with Crippen LogP contribution in [0, 0.1) is 0 Å². The number of hydrogen-bond acceptors (Lipinski definition) is 5. The average molecular weight is 478 g/mol. The van der Waals surface area contributed by atoms with Crippen molar-refractivity contribution in [1.29, 1.82) is 0 Å². The van der Waals surface area contributed by atoms with Gasteiger partial charge in [0.05, 0.1) is 6.04 Å². The zero-order chi connectivity index (χ0) is 23.8. The lowest BCUT2D eigenvalue weighted by Crippen LogP contribution is -2.57. The highest BCUT2D eigenvalue weighted by Crippen LogP contribution is 2.38. The quantitative estimate of drug-likeness (QED) is 0.563. The largest absolute Gasteiger partial charge is 0.502 e. The number of aromatic hydroxyl groups is 1. The summed E-state index contributed by atoms with van der Waals surface area (Å²) in [5.41, 5.74) is 1.15. The molecule has 2 atom stereocenters. The van der Waals surface area contributed by atoms with Crippen LogP contribution in [0.15, 0.2) is 77.7 Å². The van der Waals surface area contributed by atoms with E-state index < -0.39 is 23.1 Å². The van der Waals surface area contributed by atoms with Gasteiger partial charge in [-0.15, -0.1) is 0 Å². The highest BCUT2D eigenvalue weighted by Gasteiger charge is 2.39. The molecule has 5 rings (SSSR count). The second kappa shape index (κ2) is 8.91. The number of carbonyl (C=O) groups is 1. The fraction of sp³-hybridized carbons (Fsp3) is 0.231. The summed E-state index contributed by atoms with van der Waals surface area (Å²) in [7, 11) is 0. The van der Waals surface area contributed by atoms with Gasteiger partial charge in [-0.2, -0.15) is 0 Å². The van der Waals surface area contributed by atoms with E-state index in [0.717, 1.165) is 11.1 Å². The van der Waals surface area contributed by atoms with Crippen molar-refractivity contribution in [3.63, 3.8) is 0 Å². The summed E-state index contributed by atoms with van der Waals surface area (Å²) in [6.07, 6.45) is 6.00. The Labute approximate surface area is 202 Å². The van der Waals surface area contributed by atoms with Crippen LogP contribution < -0.4 is 15.2 Å². The minimum atomic E-state index is -0.596. The van der Waals surface area contributed by atoms with E-state index in [9.17, 15) is 14.7 Å². The van der Waals surface area contributed by atoms with Crippen molar-refractivity contribution < 1.29 is 14.6 Å². The van der Waals surface area contributed by atoms with Gasteiger partial charge in [-0.25, -0.2) is 0 Å². The maximum Gasteiger partial charge on any atom is 0.278 e. The minimum Gasteiger partial charge on any atom is -0.502 e. The van der Waals surface area contributed by atoms with E-state index in [1.54, 1.807) is 21.7 Å². The van der Waals surface area contributed by atoms with Crippen molar-refractivity contribution >= 4 is 17.5 Å². The lowest BCUT2D eigenvalue weighted by atomic mass is 9.97. The van der Waals surface area contributed by atoms with Gasteiger partial charge in [0.1, 0.15) is 25.1 Å². The molecular weight excluding hydrogens is 454 g/mol. The van der Waals surface area contributed by atoms with E-state index in [0.29, 0.717) is 23.8 Å². The van der Waals surface area contributed by atoms with Gasteiger partial charge in [0.25, 0.3) is 5.91 Å². The lowest BCUT2D eigenvalue weighted by molar-refractivity contribution is 0.0626. The van der Waals surface area contributed by atoms with E-state index >= 15 is 0 Å². The van der Waals surface area contributed by atoms with Crippen LogP contribution in [0.5, 0.6) is 11.5 Å². The number of hydrogen-bond donors (Lipinski definition) is 1. The van der Waals surface area contributed by atoms with Gasteiger partial charge in [-0.3, -0.25) is 19.3 Å². The van der Waals surface area contributed by atoms with E-state index in [2.05, 4.69) is 0 Å². The van der Waals surface area contributed by atoms with E-state index in [1.807, 2.05) is 60.5 Å². The number of halogens is 1. The average Bonchev–Trinajstić information content (AvgIpc) is 2.87. The fourth-order valence-corrected chi connectivity index (χ4v) is 4.80. The molecule has 2 aromatic carbocycles. The summed E-state index contributed by atoms with van der Waals surface area (Å²) in [5, 5.41) is 13.2. The molecule has 2 bridgehead atoms. The Hall–Kier alpha value is -3.71. The van der Waals surface area contributed by atoms with Crippen LogP contribution in [0.25, 0.3) is 0 Å². The highest BCUT2D eigenvalue weighted by molar-refractivity contribution is 6.30. The van der Waals surface area contributed by atoms with Crippen LogP contribution in [0.3, 0.4) is 0 Å². The standard InChI is InChI=1S/C26H24ClN3O4/c1-2-19-9-6-14-34-22-15-18(27)10-11-20(22)23(17-7-4-3-5-8-17)30-16-28(19)26(33)24-25(32)21(31)12-13-29(24)30/h3-13,15,19,23,32H,2,14,16H2,1H3/b9-6-/t19-,23-/m0/s1. The zero-order valence-corrected chi connectivity index (χ0v) is 19.4. The number of nitrogens with zero attached hydrogens (tertiary/aromatic N) is 3. The molecule has 3 heterocycles. The van der Waals surface area contributed by atoms with Gasteiger partial charge in [-0.05, 0) is 30.2 Å². The van der Waals surface area contributed by atoms with Crippen LogP contribution in [0.4, 0.5) is 0 Å². The van der Waals surface area contributed by atoms with Gasteiger partial charge in [0.2, 0.25) is 5.43 Å². The molecule has 174 valence electrons. The molecule has 0 saturated carbocycles. The Morgan fingerprint density at radius 3 is 2.68 bits per heavy atom. The van der Waals surface area contributed by atoms with Gasteiger partial charge in [-0.1, -0.05) is 61.0 Å². The number of fused-ring (bicyclic) bond motifs is 5. The Morgan fingerprint density at radius 1 is 1.12 bits per heavy atom. The first kappa shape index (κ1) is 22.1. The fourth-order valence-electron chi connectivity index (χ4n) is 4.63. The predicted molar refractivity (Wildman–Crippen MR) is 130 cm³/mol. The second-order valence-electron chi connectivity index (χ2n) is 8.29. The summed E-state index contributed by atoms with van der Waals surface area (Å²) < 4.78 is 7.72. The van der Waals surface area contributed by atoms with E-state index in [4.69, 9.17) is 16.3 Å². The van der Waals surface area contributed by atoms with Gasteiger partial charge >= 0.3 is 0 Å². The van der Waals surface area contributed by atoms with Crippen molar-refractivity contribution in [1.82, 2.24) is 9.58 Å². The topological polar surface area (TPSA) is 75.0 Å². The third-order valence-electron chi connectivity index (χ3n) is 6.29. The van der Waals surface area contributed by atoms with Crippen LogP contribution in [-0.4, -0.2) is 39.9 Å². The Morgan fingerprint density at radius 2 is 1.91 bits per heavy atom. The number of rotatable bonds is 2. The summed E-state index contributed by atoms with van der Waals surface area (Å²) in [4.78, 5) is 27.6. The summed E-state index contributed by atoms with van der Waals surface area (Å²) in [6, 6.07) is 16.0. The maximum absolute atomic E-state index is 13.5. The Balaban J connectivity index is 1.82. The Bertz CT molecular complexity index is 1320. The van der Waals surface area contributed by atoms with E-state index in [1.165, 1.54) is 12.3 Å². The molecule has 0 unspecified atom stereocenters. The molecule has 7 nitrogen and oxygen atoms in total. The first-order valence-corrected chi connectivity index (χ1v) is 11.5. The number of pyridine rings is 1. The molecule has 0 radical (unpaired) electrons. The molecule has 34 heavy (non-hydrogen) atoms. The highest BCUT2D eigenvalue weighted by atomic mass is 35.5. The van der Waals surface area contributed by atoms with Gasteiger partial charge < -0.3 is 14.7 Å². The zero-order valence-electron chi connectivity index (χ0n) is 18.6. The van der Waals surface area contributed by atoms with Crippen molar-refractivity contribution in [2.45, 2.75) is 25.4 Å². The molecule has 3 aromatic rings. The molecular formula is C26H24ClN3O4. The molecule has 2 aliphatic heterocycles. The molecule has 0 fully saturated rings. The summed E-state index contributed by atoms with van der Waals surface area (Å²) in [5.74, 6) is -0.335. The van der Waals surface area contributed by atoms with Crippen molar-refractivity contribution in [2.75, 3.05) is 18.3 Å². The van der Waals surface area contributed by atoms with Crippen molar-refractivity contribution in [2.24, 2.45) is 0 Å². The summed E-state index contributed by atoms with van der Waals surface area (Å²) in [6.45, 7) is 2.53. The Kier molecular flexibility index (Phi) is 5.79. The molecule has 0 spiro atoms. The number of amides is 1. The lowest BCUT2D eigenvalue weighted by Gasteiger charge is -2.45. The van der Waals surface area contributed by atoms with Crippen LogP contribution in [0.2, 0.25) is 5.02 Å².